The third-order valence-electron chi connectivity index (χ3n) is 3.24. The van der Waals surface area contributed by atoms with E-state index in [0.29, 0.717) is 5.95 Å². The Morgan fingerprint density at radius 1 is 1.33 bits per heavy atom. The highest BCUT2D eigenvalue weighted by atomic mass is 79.9. The van der Waals surface area contributed by atoms with Gasteiger partial charge in [0.15, 0.2) is 5.82 Å². The Bertz CT molecular complexity index is 792. The predicted octanol–water partition coefficient (Wildman–Crippen LogP) is 4.08. The molecule has 0 fully saturated rings. The monoisotopic (exact) mass is 365 g/mol. The molecule has 21 heavy (non-hydrogen) atoms. The lowest BCUT2D eigenvalue weighted by atomic mass is 10.3. The zero-order valence-corrected chi connectivity index (χ0v) is 14.5. The first-order valence-corrected chi connectivity index (χ1v) is 8.50. The number of halogens is 1. The van der Waals surface area contributed by atoms with Crippen molar-refractivity contribution in [2.45, 2.75) is 27.2 Å². The van der Waals surface area contributed by atoms with Crippen molar-refractivity contribution in [3.63, 3.8) is 0 Å². The van der Waals surface area contributed by atoms with Gasteiger partial charge in [-0.15, -0.1) is 11.3 Å². The van der Waals surface area contributed by atoms with Crippen LogP contribution in [0.4, 0.5) is 5.95 Å². The van der Waals surface area contributed by atoms with Gasteiger partial charge in [0.1, 0.15) is 4.83 Å². The Morgan fingerprint density at radius 2 is 2.14 bits per heavy atom. The maximum absolute atomic E-state index is 4.66. The molecule has 1 N–H and O–H groups in total. The minimum atomic E-state index is 0.658. The van der Waals surface area contributed by atoms with Crippen LogP contribution in [0.15, 0.2) is 15.9 Å². The standard InChI is InChI=1S/C14H16BrN5S/c1-4-6-16-14-17-12(10-5-7-21-13(10)18-14)20-9(3)11(15)8(2)19-20/h5,7H,4,6H2,1-3H3,(H,16,17,18). The fourth-order valence-electron chi connectivity index (χ4n) is 2.15. The lowest BCUT2D eigenvalue weighted by molar-refractivity contribution is 0.809. The second-order valence-corrected chi connectivity index (χ2v) is 6.52. The molecule has 0 aliphatic rings. The first-order chi connectivity index (χ1) is 10.1. The molecule has 0 unspecified atom stereocenters. The van der Waals surface area contributed by atoms with Gasteiger partial charge in [-0.3, -0.25) is 0 Å². The van der Waals surface area contributed by atoms with Crippen LogP contribution in [0, 0.1) is 13.8 Å². The fourth-order valence-corrected chi connectivity index (χ4v) is 3.15. The quantitative estimate of drug-likeness (QED) is 0.756. The molecule has 0 radical (unpaired) electrons. The molecule has 0 atom stereocenters. The first kappa shape index (κ1) is 14.5. The Morgan fingerprint density at radius 3 is 2.81 bits per heavy atom. The summed E-state index contributed by atoms with van der Waals surface area (Å²) in [5.41, 5.74) is 2.00. The molecule has 110 valence electrons. The van der Waals surface area contributed by atoms with Gasteiger partial charge in [0.2, 0.25) is 5.95 Å². The van der Waals surface area contributed by atoms with Gasteiger partial charge in [0.05, 0.1) is 21.2 Å². The van der Waals surface area contributed by atoms with Crippen molar-refractivity contribution in [2.24, 2.45) is 0 Å². The van der Waals surface area contributed by atoms with E-state index in [1.807, 2.05) is 30.0 Å². The van der Waals surface area contributed by atoms with Crippen molar-refractivity contribution in [2.75, 3.05) is 11.9 Å². The van der Waals surface area contributed by atoms with Gasteiger partial charge < -0.3 is 5.32 Å². The molecule has 0 saturated carbocycles. The van der Waals surface area contributed by atoms with E-state index in [0.717, 1.165) is 44.9 Å². The third-order valence-corrected chi connectivity index (χ3v) is 5.20. The number of nitrogens with zero attached hydrogens (tertiary/aromatic N) is 4. The number of hydrogen-bond acceptors (Lipinski definition) is 5. The molecular weight excluding hydrogens is 350 g/mol. The molecule has 3 heterocycles. The number of nitrogens with one attached hydrogen (secondary N) is 1. The number of anilines is 1. The minimum absolute atomic E-state index is 0.658. The van der Waals surface area contributed by atoms with Crippen molar-refractivity contribution in [3.8, 4) is 5.82 Å². The van der Waals surface area contributed by atoms with E-state index in [1.54, 1.807) is 11.3 Å². The fraction of sp³-hybridized carbons (Fsp3) is 0.357. The highest BCUT2D eigenvalue weighted by Gasteiger charge is 2.16. The predicted molar refractivity (Wildman–Crippen MR) is 90.5 cm³/mol. The first-order valence-electron chi connectivity index (χ1n) is 6.83. The van der Waals surface area contributed by atoms with Crippen LogP contribution in [0.5, 0.6) is 0 Å². The zero-order valence-electron chi connectivity index (χ0n) is 12.1. The van der Waals surface area contributed by atoms with E-state index < -0.39 is 0 Å². The lowest BCUT2D eigenvalue weighted by Gasteiger charge is -2.08. The summed E-state index contributed by atoms with van der Waals surface area (Å²) in [5, 5.41) is 10.9. The van der Waals surface area contributed by atoms with E-state index in [4.69, 9.17) is 0 Å². The number of thiophene rings is 1. The molecule has 0 aromatic carbocycles. The van der Waals surface area contributed by atoms with Crippen LogP contribution < -0.4 is 5.32 Å². The van der Waals surface area contributed by atoms with Crippen LogP contribution in [0.1, 0.15) is 24.7 Å². The molecule has 0 aliphatic heterocycles. The van der Waals surface area contributed by atoms with Gasteiger partial charge in [-0.2, -0.15) is 10.1 Å². The molecule has 0 bridgehead atoms. The molecule has 0 aliphatic carbocycles. The van der Waals surface area contributed by atoms with Crippen LogP contribution in [-0.4, -0.2) is 26.3 Å². The number of fused-ring (bicyclic) bond motifs is 1. The molecule has 3 rings (SSSR count). The van der Waals surface area contributed by atoms with Crippen molar-refractivity contribution in [3.05, 3.63) is 27.3 Å². The summed E-state index contributed by atoms with van der Waals surface area (Å²) in [6.45, 7) is 6.99. The Kier molecular flexibility index (Phi) is 3.95. The highest BCUT2D eigenvalue weighted by molar-refractivity contribution is 9.10. The molecule has 0 spiro atoms. The van der Waals surface area contributed by atoms with Gasteiger partial charge in [-0.05, 0) is 47.6 Å². The number of rotatable bonds is 4. The van der Waals surface area contributed by atoms with Gasteiger partial charge in [0.25, 0.3) is 0 Å². The number of aromatic nitrogens is 4. The summed E-state index contributed by atoms with van der Waals surface area (Å²) in [6.07, 6.45) is 1.03. The van der Waals surface area contributed by atoms with Gasteiger partial charge in [-0.1, -0.05) is 6.92 Å². The second-order valence-electron chi connectivity index (χ2n) is 4.83. The van der Waals surface area contributed by atoms with E-state index in [9.17, 15) is 0 Å². The lowest BCUT2D eigenvalue weighted by Crippen LogP contribution is -2.09. The van der Waals surface area contributed by atoms with E-state index in [2.05, 4.69) is 43.2 Å². The van der Waals surface area contributed by atoms with Gasteiger partial charge in [-0.25, -0.2) is 9.67 Å². The second kappa shape index (κ2) is 5.73. The van der Waals surface area contributed by atoms with Crippen LogP contribution in [0.3, 0.4) is 0 Å². The van der Waals surface area contributed by atoms with E-state index >= 15 is 0 Å². The van der Waals surface area contributed by atoms with Crippen molar-refractivity contribution in [1.29, 1.82) is 0 Å². The van der Waals surface area contributed by atoms with E-state index in [1.165, 1.54) is 0 Å². The zero-order chi connectivity index (χ0) is 15.0. The maximum atomic E-state index is 4.66. The third kappa shape index (κ3) is 2.55. The molecule has 0 saturated heterocycles. The van der Waals surface area contributed by atoms with Crippen LogP contribution in [0.2, 0.25) is 0 Å². The van der Waals surface area contributed by atoms with Crippen LogP contribution in [0.25, 0.3) is 16.0 Å². The molecule has 3 aromatic rings. The van der Waals surface area contributed by atoms with Gasteiger partial charge >= 0.3 is 0 Å². The van der Waals surface area contributed by atoms with Crippen molar-refractivity contribution in [1.82, 2.24) is 19.7 Å². The maximum Gasteiger partial charge on any atom is 0.226 e. The van der Waals surface area contributed by atoms with Crippen molar-refractivity contribution >= 4 is 43.4 Å². The number of hydrogen-bond donors (Lipinski definition) is 1. The highest BCUT2D eigenvalue weighted by Crippen LogP contribution is 2.29. The minimum Gasteiger partial charge on any atom is -0.354 e. The normalized spacial score (nSPS) is 11.2. The van der Waals surface area contributed by atoms with Crippen LogP contribution >= 0.6 is 27.3 Å². The van der Waals surface area contributed by atoms with Crippen molar-refractivity contribution < 1.29 is 0 Å². The van der Waals surface area contributed by atoms with E-state index in [-0.39, 0.29) is 0 Å². The average Bonchev–Trinajstić information content (AvgIpc) is 3.04. The Hall–Kier alpha value is -1.47. The smallest absolute Gasteiger partial charge is 0.226 e. The molecular formula is C14H16BrN5S. The van der Waals surface area contributed by atoms with Gasteiger partial charge in [0, 0.05) is 6.54 Å². The Balaban J connectivity index is 2.19. The summed E-state index contributed by atoms with van der Waals surface area (Å²) in [4.78, 5) is 10.2. The summed E-state index contributed by atoms with van der Waals surface area (Å²) < 4.78 is 2.90. The SMILES string of the molecule is CCCNc1nc(-n2nc(C)c(Br)c2C)c2ccsc2n1. The topological polar surface area (TPSA) is 55.6 Å². The van der Waals surface area contributed by atoms with Crippen LogP contribution in [-0.2, 0) is 0 Å². The largest absolute Gasteiger partial charge is 0.354 e. The summed E-state index contributed by atoms with van der Waals surface area (Å²) >= 11 is 5.19. The molecule has 0 amide bonds. The summed E-state index contributed by atoms with van der Waals surface area (Å²) in [5.74, 6) is 1.48. The summed E-state index contributed by atoms with van der Waals surface area (Å²) in [6, 6.07) is 2.04. The molecule has 7 heteroatoms. The average molecular weight is 366 g/mol. The molecule has 5 nitrogen and oxygen atoms in total. The Labute approximate surface area is 135 Å². The molecule has 3 aromatic heterocycles. The number of aryl methyl sites for hydroxylation is 1. The summed E-state index contributed by atoms with van der Waals surface area (Å²) in [7, 11) is 0.